The molecular weight excluding hydrogens is 292 g/mol. The number of allylic oxidation sites excluding steroid dienone is 3. The van der Waals surface area contributed by atoms with E-state index in [-0.39, 0.29) is 11.5 Å². The Labute approximate surface area is 135 Å². The minimum atomic E-state index is -1.07. The molecule has 1 amide bonds. The SMILES string of the molecule is CC1(C(=O)Nc2ccc(CCCN)cc2)CC=CC=C1C(=O)O. The molecule has 0 fully saturated rings. The van der Waals surface area contributed by atoms with Gasteiger partial charge in [0.05, 0.1) is 11.0 Å². The highest BCUT2D eigenvalue weighted by Crippen LogP contribution is 2.36. The van der Waals surface area contributed by atoms with Gasteiger partial charge in [0, 0.05) is 5.69 Å². The number of carbonyl (C=O) groups excluding carboxylic acids is 1. The van der Waals surface area contributed by atoms with Crippen LogP contribution < -0.4 is 11.1 Å². The zero-order chi connectivity index (χ0) is 16.9. The summed E-state index contributed by atoms with van der Waals surface area (Å²) in [4.78, 5) is 24.0. The van der Waals surface area contributed by atoms with Crippen LogP contribution in [0.1, 0.15) is 25.3 Å². The summed E-state index contributed by atoms with van der Waals surface area (Å²) >= 11 is 0. The topological polar surface area (TPSA) is 92.4 Å². The molecule has 0 spiro atoms. The Bertz CT molecular complexity index is 647. The molecule has 0 bridgehead atoms. The van der Waals surface area contributed by atoms with Gasteiger partial charge in [-0.2, -0.15) is 0 Å². The quantitative estimate of drug-likeness (QED) is 0.752. The van der Waals surface area contributed by atoms with Crippen molar-refractivity contribution in [1.82, 2.24) is 0 Å². The Morgan fingerprint density at radius 1 is 1.30 bits per heavy atom. The second-order valence-corrected chi connectivity index (χ2v) is 5.89. The predicted molar refractivity (Wildman–Crippen MR) is 90.0 cm³/mol. The van der Waals surface area contributed by atoms with Crippen molar-refractivity contribution in [3.05, 3.63) is 53.6 Å². The van der Waals surface area contributed by atoms with Gasteiger partial charge >= 0.3 is 5.97 Å². The molecule has 0 heterocycles. The van der Waals surface area contributed by atoms with Crippen LogP contribution in [0.2, 0.25) is 0 Å². The number of carboxylic acid groups (broad SMARTS) is 1. The van der Waals surface area contributed by atoms with Crippen molar-refractivity contribution >= 4 is 17.6 Å². The maximum atomic E-state index is 12.6. The van der Waals surface area contributed by atoms with E-state index in [1.807, 2.05) is 30.3 Å². The monoisotopic (exact) mass is 314 g/mol. The Balaban J connectivity index is 2.10. The van der Waals surface area contributed by atoms with Crippen molar-refractivity contribution in [2.24, 2.45) is 11.1 Å². The molecule has 2 rings (SSSR count). The van der Waals surface area contributed by atoms with Gasteiger partial charge in [-0.25, -0.2) is 4.79 Å². The molecule has 0 radical (unpaired) electrons. The Hall–Kier alpha value is -2.40. The Morgan fingerprint density at radius 2 is 2.00 bits per heavy atom. The predicted octanol–water partition coefficient (Wildman–Crippen LogP) is 2.49. The van der Waals surface area contributed by atoms with Crippen LogP contribution in [0.4, 0.5) is 5.69 Å². The number of amides is 1. The average Bonchev–Trinajstić information content (AvgIpc) is 2.54. The van der Waals surface area contributed by atoms with E-state index in [1.54, 1.807) is 13.0 Å². The summed E-state index contributed by atoms with van der Waals surface area (Å²) in [7, 11) is 0. The van der Waals surface area contributed by atoms with E-state index in [2.05, 4.69) is 5.32 Å². The molecule has 5 heteroatoms. The highest BCUT2D eigenvalue weighted by molar-refractivity contribution is 6.04. The molecule has 23 heavy (non-hydrogen) atoms. The fraction of sp³-hybridized carbons (Fsp3) is 0.333. The summed E-state index contributed by atoms with van der Waals surface area (Å²) in [5.41, 5.74) is 6.35. The van der Waals surface area contributed by atoms with Crippen LogP contribution >= 0.6 is 0 Å². The molecule has 0 aliphatic heterocycles. The molecule has 1 atom stereocenters. The molecule has 1 aromatic carbocycles. The number of hydrogen-bond donors (Lipinski definition) is 3. The second kappa shape index (κ2) is 7.24. The first-order valence-electron chi connectivity index (χ1n) is 7.68. The first-order chi connectivity index (χ1) is 11.0. The van der Waals surface area contributed by atoms with Crippen LogP contribution in [0.3, 0.4) is 0 Å². The van der Waals surface area contributed by atoms with Gasteiger partial charge in [-0.15, -0.1) is 0 Å². The third-order valence-corrected chi connectivity index (χ3v) is 4.13. The van der Waals surface area contributed by atoms with Gasteiger partial charge in [0.15, 0.2) is 0 Å². The van der Waals surface area contributed by atoms with E-state index in [0.29, 0.717) is 18.7 Å². The van der Waals surface area contributed by atoms with E-state index in [0.717, 1.165) is 18.4 Å². The Kier molecular flexibility index (Phi) is 5.34. The Morgan fingerprint density at radius 3 is 2.61 bits per heavy atom. The number of nitrogens with one attached hydrogen (secondary N) is 1. The minimum absolute atomic E-state index is 0.108. The molecule has 1 aliphatic carbocycles. The van der Waals surface area contributed by atoms with E-state index in [9.17, 15) is 14.7 Å². The van der Waals surface area contributed by atoms with Gasteiger partial charge in [0.25, 0.3) is 0 Å². The smallest absolute Gasteiger partial charge is 0.332 e. The standard InChI is InChI=1S/C18H22N2O3/c1-18(11-3-2-6-15(18)16(21)22)17(23)20-14-9-7-13(8-10-14)5-4-12-19/h2-3,6-10H,4-5,11-12,19H2,1H3,(H,20,23)(H,21,22). The largest absolute Gasteiger partial charge is 0.478 e. The number of hydrogen-bond acceptors (Lipinski definition) is 3. The van der Waals surface area contributed by atoms with Gasteiger partial charge in [0.2, 0.25) is 5.91 Å². The molecule has 122 valence electrons. The van der Waals surface area contributed by atoms with Crippen LogP contribution in [0, 0.1) is 5.41 Å². The van der Waals surface area contributed by atoms with Crippen molar-refractivity contribution in [1.29, 1.82) is 0 Å². The maximum absolute atomic E-state index is 12.6. The lowest BCUT2D eigenvalue weighted by Crippen LogP contribution is -2.38. The highest BCUT2D eigenvalue weighted by atomic mass is 16.4. The molecule has 1 aromatic rings. The van der Waals surface area contributed by atoms with Crippen molar-refractivity contribution in [3.8, 4) is 0 Å². The first kappa shape index (κ1) is 17.0. The second-order valence-electron chi connectivity index (χ2n) is 5.89. The summed E-state index contributed by atoms with van der Waals surface area (Å²) in [5, 5.41) is 12.1. The van der Waals surface area contributed by atoms with Crippen molar-refractivity contribution in [3.63, 3.8) is 0 Å². The third-order valence-electron chi connectivity index (χ3n) is 4.13. The zero-order valence-corrected chi connectivity index (χ0v) is 13.2. The summed E-state index contributed by atoms with van der Waals surface area (Å²) in [6, 6.07) is 7.55. The van der Waals surface area contributed by atoms with Gasteiger partial charge in [-0.3, -0.25) is 4.79 Å². The minimum Gasteiger partial charge on any atom is -0.478 e. The number of carboxylic acids is 1. The summed E-state index contributed by atoms with van der Waals surface area (Å²) in [6.07, 6.45) is 7.15. The van der Waals surface area contributed by atoms with Crippen LogP contribution in [0.5, 0.6) is 0 Å². The maximum Gasteiger partial charge on any atom is 0.332 e. The molecule has 1 aliphatic rings. The molecule has 5 nitrogen and oxygen atoms in total. The number of aryl methyl sites for hydroxylation is 1. The number of benzene rings is 1. The summed E-state index contributed by atoms with van der Waals surface area (Å²) < 4.78 is 0. The lowest BCUT2D eigenvalue weighted by molar-refractivity contribution is -0.136. The van der Waals surface area contributed by atoms with E-state index in [4.69, 9.17) is 5.73 Å². The molecule has 1 unspecified atom stereocenters. The number of aliphatic carboxylic acids is 1. The molecule has 0 saturated heterocycles. The highest BCUT2D eigenvalue weighted by Gasteiger charge is 2.40. The molecular formula is C18H22N2O3. The zero-order valence-electron chi connectivity index (χ0n) is 13.2. The number of nitrogens with two attached hydrogens (primary N) is 1. The summed E-state index contributed by atoms with van der Waals surface area (Å²) in [6.45, 7) is 2.30. The van der Waals surface area contributed by atoms with E-state index >= 15 is 0 Å². The normalized spacial score (nSPS) is 20.0. The van der Waals surface area contributed by atoms with Gasteiger partial charge in [-0.05, 0) is 50.4 Å². The average molecular weight is 314 g/mol. The number of rotatable bonds is 6. The van der Waals surface area contributed by atoms with Crippen molar-refractivity contribution in [2.45, 2.75) is 26.2 Å². The van der Waals surface area contributed by atoms with Gasteiger partial charge in [-0.1, -0.05) is 30.4 Å². The number of anilines is 1. The number of carbonyl (C=O) groups is 2. The lowest BCUT2D eigenvalue weighted by atomic mass is 9.75. The summed E-state index contributed by atoms with van der Waals surface area (Å²) in [5.74, 6) is -1.38. The lowest BCUT2D eigenvalue weighted by Gasteiger charge is -2.29. The molecule has 4 N–H and O–H groups in total. The third kappa shape index (κ3) is 3.87. The fourth-order valence-electron chi connectivity index (χ4n) is 2.61. The molecule has 0 saturated carbocycles. The van der Waals surface area contributed by atoms with E-state index < -0.39 is 11.4 Å². The van der Waals surface area contributed by atoms with E-state index in [1.165, 1.54) is 6.08 Å². The molecule has 0 aromatic heterocycles. The van der Waals surface area contributed by atoms with Crippen LogP contribution in [0.15, 0.2) is 48.1 Å². The van der Waals surface area contributed by atoms with Crippen molar-refractivity contribution < 1.29 is 14.7 Å². The van der Waals surface area contributed by atoms with Crippen LogP contribution in [0.25, 0.3) is 0 Å². The van der Waals surface area contributed by atoms with Crippen molar-refractivity contribution in [2.75, 3.05) is 11.9 Å². The van der Waals surface area contributed by atoms with Crippen LogP contribution in [-0.4, -0.2) is 23.5 Å². The van der Waals surface area contributed by atoms with Gasteiger partial charge in [0.1, 0.15) is 0 Å². The van der Waals surface area contributed by atoms with Gasteiger partial charge < -0.3 is 16.2 Å². The fourth-order valence-corrected chi connectivity index (χ4v) is 2.61. The first-order valence-corrected chi connectivity index (χ1v) is 7.68. The van der Waals surface area contributed by atoms with Crippen LogP contribution in [-0.2, 0) is 16.0 Å².